The van der Waals surface area contributed by atoms with Crippen molar-refractivity contribution in [1.82, 2.24) is 0 Å². The van der Waals surface area contributed by atoms with Crippen LogP contribution in [0.3, 0.4) is 0 Å². The highest BCUT2D eigenvalue weighted by Crippen LogP contribution is 2.46. The van der Waals surface area contributed by atoms with Gasteiger partial charge in [-0.25, -0.2) is 8.78 Å². The van der Waals surface area contributed by atoms with E-state index in [1.165, 1.54) is 25.0 Å². The van der Waals surface area contributed by atoms with Crippen LogP contribution in [0.1, 0.15) is 56.8 Å². The summed E-state index contributed by atoms with van der Waals surface area (Å²) in [4.78, 5) is 0.124. The van der Waals surface area contributed by atoms with Crippen molar-refractivity contribution in [3.8, 4) is 0 Å². The van der Waals surface area contributed by atoms with Crippen LogP contribution in [0.25, 0.3) is 0 Å². The molecule has 0 bridgehead atoms. The molecule has 1 fully saturated rings. The molecule has 1 aliphatic rings. The highest BCUT2D eigenvalue weighted by Gasteiger charge is 2.32. The zero-order valence-corrected chi connectivity index (χ0v) is 14.0. The lowest BCUT2D eigenvalue weighted by Crippen LogP contribution is -2.27. The molecule has 1 aliphatic carbocycles. The number of halogens is 3. The van der Waals surface area contributed by atoms with E-state index < -0.39 is 11.6 Å². The molecule has 1 saturated carbocycles. The normalized spacial score (nSPS) is 25.5. The SMILES string of the molecule is CC(C)(C)C1CCC(C(Br)c2ccc(F)c(F)c2)CC1. The summed E-state index contributed by atoms with van der Waals surface area (Å²) in [6.45, 7) is 6.91. The van der Waals surface area contributed by atoms with Crippen LogP contribution in [0.2, 0.25) is 0 Å². The van der Waals surface area contributed by atoms with Gasteiger partial charge >= 0.3 is 0 Å². The standard InChI is InChI=1S/C17H23BrF2/c1-17(2,3)13-7-4-11(5-8-13)16(18)12-6-9-14(19)15(20)10-12/h6,9-11,13,16H,4-5,7-8H2,1-3H3. The molecule has 1 aromatic rings. The van der Waals surface area contributed by atoms with Crippen molar-refractivity contribution in [2.45, 2.75) is 51.3 Å². The van der Waals surface area contributed by atoms with Crippen LogP contribution in [0.5, 0.6) is 0 Å². The molecule has 0 spiro atoms. The molecule has 1 atom stereocenters. The highest BCUT2D eigenvalue weighted by molar-refractivity contribution is 9.09. The zero-order chi connectivity index (χ0) is 14.9. The fourth-order valence-electron chi connectivity index (χ4n) is 3.23. The van der Waals surface area contributed by atoms with Gasteiger partial charge in [0.05, 0.1) is 0 Å². The van der Waals surface area contributed by atoms with E-state index >= 15 is 0 Å². The van der Waals surface area contributed by atoms with Gasteiger partial charge in [0.1, 0.15) is 0 Å². The first-order valence-electron chi connectivity index (χ1n) is 7.38. The summed E-state index contributed by atoms with van der Waals surface area (Å²) in [6.07, 6.45) is 4.74. The molecule has 0 amide bonds. The van der Waals surface area contributed by atoms with Gasteiger partial charge in [-0.1, -0.05) is 42.8 Å². The Balaban J connectivity index is 2.01. The second-order valence-electron chi connectivity index (χ2n) is 7.05. The van der Waals surface area contributed by atoms with Crippen molar-refractivity contribution in [1.29, 1.82) is 0 Å². The Morgan fingerprint density at radius 3 is 2.15 bits per heavy atom. The third kappa shape index (κ3) is 3.60. The molecular weight excluding hydrogens is 322 g/mol. The average molecular weight is 345 g/mol. The van der Waals surface area contributed by atoms with E-state index in [-0.39, 0.29) is 4.83 Å². The number of rotatable bonds is 2. The molecule has 20 heavy (non-hydrogen) atoms. The second kappa shape index (κ2) is 6.13. The molecule has 3 heteroatoms. The lowest BCUT2D eigenvalue weighted by Gasteiger charge is -2.38. The number of hydrogen-bond acceptors (Lipinski definition) is 0. The van der Waals surface area contributed by atoms with Gasteiger partial charge in [-0.05, 0) is 60.6 Å². The third-order valence-corrected chi connectivity index (χ3v) is 5.95. The summed E-state index contributed by atoms with van der Waals surface area (Å²) < 4.78 is 26.3. The Kier molecular flexibility index (Phi) is 4.88. The lowest BCUT2D eigenvalue weighted by molar-refractivity contribution is 0.149. The van der Waals surface area contributed by atoms with Crippen LogP contribution in [0.15, 0.2) is 18.2 Å². The maximum absolute atomic E-state index is 13.3. The summed E-state index contributed by atoms with van der Waals surface area (Å²) in [5, 5.41) is 0. The van der Waals surface area contributed by atoms with E-state index in [1.807, 2.05) is 0 Å². The first kappa shape index (κ1) is 15.9. The van der Waals surface area contributed by atoms with E-state index in [0.717, 1.165) is 24.3 Å². The number of alkyl halides is 1. The monoisotopic (exact) mass is 344 g/mol. The zero-order valence-electron chi connectivity index (χ0n) is 12.4. The minimum atomic E-state index is -0.773. The van der Waals surface area contributed by atoms with E-state index in [4.69, 9.17) is 0 Å². The van der Waals surface area contributed by atoms with Crippen LogP contribution >= 0.6 is 15.9 Å². The predicted octanol–water partition coefficient (Wildman–Crippen LogP) is 6.25. The smallest absolute Gasteiger partial charge is 0.159 e. The van der Waals surface area contributed by atoms with Crippen LogP contribution in [0, 0.1) is 28.9 Å². The minimum absolute atomic E-state index is 0.124. The van der Waals surface area contributed by atoms with Crippen molar-refractivity contribution in [2.24, 2.45) is 17.3 Å². The van der Waals surface area contributed by atoms with Crippen molar-refractivity contribution < 1.29 is 8.78 Å². The fraction of sp³-hybridized carbons (Fsp3) is 0.647. The molecule has 2 rings (SSSR count). The molecule has 0 aromatic heterocycles. The summed E-state index contributed by atoms with van der Waals surface area (Å²) in [5.41, 5.74) is 1.22. The second-order valence-corrected chi connectivity index (χ2v) is 8.04. The Morgan fingerprint density at radius 2 is 1.65 bits per heavy atom. The maximum atomic E-state index is 13.3. The van der Waals surface area contributed by atoms with Gasteiger partial charge in [-0.2, -0.15) is 0 Å². The molecule has 0 radical (unpaired) electrons. The topological polar surface area (TPSA) is 0 Å². The van der Waals surface area contributed by atoms with E-state index in [2.05, 4.69) is 36.7 Å². The Morgan fingerprint density at radius 1 is 1.05 bits per heavy atom. The predicted molar refractivity (Wildman–Crippen MR) is 82.9 cm³/mol. The van der Waals surface area contributed by atoms with Crippen molar-refractivity contribution in [3.63, 3.8) is 0 Å². The molecule has 0 saturated heterocycles. The molecule has 0 aliphatic heterocycles. The summed E-state index contributed by atoms with van der Waals surface area (Å²) >= 11 is 3.69. The summed E-state index contributed by atoms with van der Waals surface area (Å²) in [7, 11) is 0. The Hall–Kier alpha value is -0.440. The quantitative estimate of drug-likeness (QED) is 0.556. The fourth-order valence-corrected chi connectivity index (χ4v) is 4.05. The average Bonchev–Trinajstić information content (AvgIpc) is 2.40. The van der Waals surface area contributed by atoms with Gasteiger partial charge in [-0.3, -0.25) is 0 Å². The molecule has 1 unspecified atom stereocenters. The summed E-state index contributed by atoms with van der Waals surface area (Å²) in [5.74, 6) is -0.248. The van der Waals surface area contributed by atoms with Gasteiger partial charge in [0.15, 0.2) is 11.6 Å². The lowest BCUT2D eigenvalue weighted by atomic mass is 9.69. The van der Waals surface area contributed by atoms with Crippen molar-refractivity contribution in [3.05, 3.63) is 35.4 Å². The molecular formula is C17H23BrF2. The molecule has 112 valence electrons. The van der Waals surface area contributed by atoms with Gasteiger partial charge in [-0.15, -0.1) is 0 Å². The van der Waals surface area contributed by atoms with Crippen molar-refractivity contribution >= 4 is 15.9 Å². The van der Waals surface area contributed by atoms with Crippen LogP contribution in [-0.2, 0) is 0 Å². The first-order chi connectivity index (χ1) is 9.29. The molecule has 0 N–H and O–H groups in total. The third-order valence-electron chi connectivity index (χ3n) is 4.67. The van der Waals surface area contributed by atoms with Gasteiger partial charge in [0, 0.05) is 4.83 Å². The summed E-state index contributed by atoms with van der Waals surface area (Å²) in [6, 6.07) is 4.23. The molecule has 0 heterocycles. The van der Waals surface area contributed by atoms with Crippen LogP contribution in [0.4, 0.5) is 8.78 Å². The van der Waals surface area contributed by atoms with Gasteiger partial charge < -0.3 is 0 Å². The van der Waals surface area contributed by atoms with E-state index in [9.17, 15) is 8.78 Å². The van der Waals surface area contributed by atoms with E-state index in [1.54, 1.807) is 6.07 Å². The van der Waals surface area contributed by atoms with Crippen LogP contribution in [-0.4, -0.2) is 0 Å². The number of benzene rings is 1. The Labute approximate surface area is 129 Å². The van der Waals surface area contributed by atoms with Crippen LogP contribution < -0.4 is 0 Å². The Bertz CT molecular complexity index is 457. The highest BCUT2D eigenvalue weighted by atomic mass is 79.9. The minimum Gasteiger partial charge on any atom is -0.204 e. The van der Waals surface area contributed by atoms with Gasteiger partial charge in [0.2, 0.25) is 0 Å². The largest absolute Gasteiger partial charge is 0.204 e. The van der Waals surface area contributed by atoms with Gasteiger partial charge in [0.25, 0.3) is 0 Å². The van der Waals surface area contributed by atoms with Crippen molar-refractivity contribution in [2.75, 3.05) is 0 Å². The maximum Gasteiger partial charge on any atom is 0.159 e. The van der Waals surface area contributed by atoms with E-state index in [0.29, 0.717) is 11.3 Å². The molecule has 0 nitrogen and oxygen atoms in total. The number of hydrogen-bond donors (Lipinski definition) is 0. The molecule has 1 aromatic carbocycles. The first-order valence-corrected chi connectivity index (χ1v) is 8.29.